The third kappa shape index (κ3) is 4.38. The van der Waals surface area contributed by atoms with Gasteiger partial charge in [-0.3, -0.25) is 4.79 Å². The molecule has 0 saturated carbocycles. The third-order valence-corrected chi connectivity index (χ3v) is 6.67. The van der Waals surface area contributed by atoms with Crippen molar-refractivity contribution in [3.05, 3.63) is 47.5 Å². The van der Waals surface area contributed by atoms with E-state index in [4.69, 9.17) is 16.3 Å². The number of rotatable bonds is 5. The van der Waals surface area contributed by atoms with E-state index >= 15 is 0 Å². The van der Waals surface area contributed by atoms with Gasteiger partial charge in [0.2, 0.25) is 5.91 Å². The number of nitrogens with one attached hydrogen (secondary N) is 1. The highest BCUT2D eigenvalue weighted by Crippen LogP contribution is 2.35. The number of para-hydroxylation sites is 2. The molecule has 0 spiro atoms. The Morgan fingerprint density at radius 3 is 2.85 bits per heavy atom. The summed E-state index contributed by atoms with van der Waals surface area (Å²) in [4.78, 5) is 19.2. The van der Waals surface area contributed by atoms with E-state index in [1.54, 1.807) is 11.3 Å². The first-order valence-corrected chi connectivity index (χ1v) is 10.8. The maximum absolute atomic E-state index is 12.5. The molecule has 0 aliphatic carbocycles. The average molecular weight is 420 g/mol. The molecule has 27 heavy (non-hydrogen) atoms. The minimum Gasteiger partial charge on any atom is -0.378 e. The zero-order valence-corrected chi connectivity index (χ0v) is 16.9. The summed E-state index contributed by atoms with van der Waals surface area (Å²) in [6.45, 7) is 2.83. The molecule has 2 aromatic carbocycles. The highest BCUT2D eigenvalue weighted by atomic mass is 35.5. The van der Waals surface area contributed by atoms with Crippen LogP contribution in [-0.2, 0) is 9.53 Å². The Morgan fingerprint density at radius 1 is 1.22 bits per heavy atom. The van der Waals surface area contributed by atoms with Crippen LogP contribution < -0.4 is 10.2 Å². The molecular weight excluding hydrogens is 402 g/mol. The van der Waals surface area contributed by atoms with Crippen molar-refractivity contribution >= 4 is 62.2 Å². The Balaban J connectivity index is 1.44. The van der Waals surface area contributed by atoms with E-state index in [0.29, 0.717) is 24.0 Å². The lowest BCUT2D eigenvalue weighted by atomic mass is 10.2. The molecule has 2 heterocycles. The molecule has 1 saturated heterocycles. The fraction of sp³-hybridized carbons (Fsp3) is 0.263. The molecule has 0 atom stereocenters. The second-order valence-electron chi connectivity index (χ2n) is 6.02. The monoisotopic (exact) mass is 419 g/mol. The van der Waals surface area contributed by atoms with Crippen LogP contribution in [0.3, 0.4) is 0 Å². The van der Waals surface area contributed by atoms with Gasteiger partial charge in [0.15, 0.2) is 4.34 Å². The maximum atomic E-state index is 12.5. The molecule has 1 aliphatic rings. The number of thioether (sulfide) groups is 1. The van der Waals surface area contributed by atoms with Gasteiger partial charge in [0, 0.05) is 13.1 Å². The van der Waals surface area contributed by atoms with Crippen LogP contribution >= 0.6 is 34.7 Å². The quantitative estimate of drug-likeness (QED) is 0.616. The van der Waals surface area contributed by atoms with Crippen LogP contribution in [0.1, 0.15) is 0 Å². The average Bonchev–Trinajstić information content (AvgIpc) is 3.10. The number of carbonyl (C=O) groups is 1. The standard InChI is InChI=1S/C19H18ClN3O2S2/c20-13-4-3-6-15(18(13)23-8-10-25-11-9-23)21-17(24)12-26-19-22-14-5-1-2-7-16(14)27-19/h1-7H,8-12H2,(H,21,24). The highest BCUT2D eigenvalue weighted by Gasteiger charge is 2.19. The maximum Gasteiger partial charge on any atom is 0.234 e. The molecule has 1 amide bonds. The first-order valence-electron chi connectivity index (χ1n) is 8.60. The van der Waals surface area contributed by atoms with Crippen LogP contribution in [0.5, 0.6) is 0 Å². The normalized spacial score (nSPS) is 14.5. The molecule has 0 radical (unpaired) electrons. The van der Waals surface area contributed by atoms with Crippen molar-refractivity contribution in [2.75, 3.05) is 42.3 Å². The van der Waals surface area contributed by atoms with E-state index in [-0.39, 0.29) is 5.91 Å². The van der Waals surface area contributed by atoms with Gasteiger partial charge < -0.3 is 15.0 Å². The number of carbonyl (C=O) groups excluding carboxylic acids is 1. The molecule has 1 N–H and O–H groups in total. The number of anilines is 2. The van der Waals surface area contributed by atoms with E-state index in [2.05, 4.69) is 15.2 Å². The van der Waals surface area contributed by atoms with Crippen molar-refractivity contribution in [2.45, 2.75) is 4.34 Å². The largest absolute Gasteiger partial charge is 0.378 e. The summed E-state index contributed by atoms with van der Waals surface area (Å²) in [5.41, 5.74) is 2.56. The Labute approximate surface area is 170 Å². The number of halogens is 1. The molecule has 1 aliphatic heterocycles. The molecule has 5 nitrogen and oxygen atoms in total. The summed E-state index contributed by atoms with van der Waals surface area (Å²) >= 11 is 9.47. The van der Waals surface area contributed by atoms with Crippen LogP contribution in [0.15, 0.2) is 46.8 Å². The molecule has 0 unspecified atom stereocenters. The van der Waals surface area contributed by atoms with Crippen LogP contribution in [-0.4, -0.2) is 42.9 Å². The fourth-order valence-electron chi connectivity index (χ4n) is 2.95. The number of benzene rings is 2. The molecule has 140 valence electrons. The molecule has 1 fully saturated rings. The number of fused-ring (bicyclic) bond motifs is 1. The van der Waals surface area contributed by atoms with Gasteiger partial charge in [0.1, 0.15) is 0 Å². The summed E-state index contributed by atoms with van der Waals surface area (Å²) in [7, 11) is 0. The van der Waals surface area contributed by atoms with E-state index in [1.165, 1.54) is 11.8 Å². The summed E-state index contributed by atoms with van der Waals surface area (Å²) in [6, 6.07) is 13.6. The minimum absolute atomic E-state index is 0.0731. The molecule has 8 heteroatoms. The summed E-state index contributed by atoms with van der Waals surface area (Å²) < 4.78 is 7.44. The minimum atomic E-state index is -0.0731. The van der Waals surface area contributed by atoms with Gasteiger partial charge in [0.25, 0.3) is 0 Å². The van der Waals surface area contributed by atoms with Crippen LogP contribution in [0.4, 0.5) is 11.4 Å². The zero-order valence-electron chi connectivity index (χ0n) is 14.5. The van der Waals surface area contributed by atoms with Crippen molar-refractivity contribution in [3.8, 4) is 0 Å². The molecular formula is C19H18ClN3O2S2. The van der Waals surface area contributed by atoms with E-state index in [9.17, 15) is 4.79 Å². The van der Waals surface area contributed by atoms with Crippen molar-refractivity contribution in [1.29, 1.82) is 0 Å². The van der Waals surface area contributed by atoms with Gasteiger partial charge in [-0.2, -0.15) is 0 Å². The SMILES string of the molecule is O=C(CSc1nc2ccccc2s1)Nc1cccc(Cl)c1N1CCOCC1. The fourth-order valence-corrected chi connectivity index (χ4v) is 5.11. The van der Waals surface area contributed by atoms with Crippen molar-refractivity contribution in [3.63, 3.8) is 0 Å². The molecule has 0 bridgehead atoms. The summed E-state index contributed by atoms with van der Waals surface area (Å²) in [5, 5.41) is 3.64. The molecule has 3 aromatic rings. The van der Waals surface area contributed by atoms with Crippen molar-refractivity contribution in [1.82, 2.24) is 4.98 Å². The lowest BCUT2D eigenvalue weighted by molar-refractivity contribution is -0.113. The van der Waals surface area contributed by atoms with E-state index in [1.807, 2.05) is 42.5 Å². The van der Waals surface area contributed by atoms with Gasteiger partial charge >= 0.3 is 0 Å². The topological polar surface area (TPSA) is 54.5 Å². The van der Waals surface area contributed by atoms with Gasteiger partial charge in [-0.25, -0.2) is 4.98 Å². The lowest BCUT2D eigenvalue weighted by Gasteiger charge is -2.31. The van der Waals surface area contributed by atoms with Crippen molar-refractivity contribution in [2.24, 2.45) is 0 Å². The molecule has 4 rings (SSSR count). The third-order valence-electron chi connectivity index (χ3n) is 4.19. The van der Waals surface area contributed by atoms with E-state index < -0.39 is 0 Å². The molecule has 1 aromatic heterocycles. The Hall–Kier alpha value is -1.80. The lowest BCUT2D eigenvalue weighted by Crippen LogP contribution is -2.37. The van der Waals surface area contributed by atoms with Gasteiger partial charge in [-0.15, -0.1) is 11.3 Å². The Kier molecular flexibility index (Phi) is 5.83. The predicted octanol–water partition coefficient (Wildman–Crippen LogP) is 4.52. The number of morpholine rings is 1. The van der Waals surface area contributed by atoms with Gasteiger partial charge in [0.05, 0.1) is 45.6 Å². The number of ether oxygens (including phenoxy) is 1. The second kappa shape index (κ2) is 8.48. The number of thiazole rings is 1. The number of amides is 1. The van der Waals surface area contributed by atoms with Gasteiger partial charge in [-0.1, -0.05) is 41.6 Å². The van der Waals surface area contributed by atoms with Crippen LogP contribution in [0.2, 0.25) is 5.02 Å². The number of aromatic nitrogens is 1. The number of hydrogen-bond donors (Lipinski definition) is 1. The highest BCUT2D eigenvalue weighted by molar-refractivity contribution is 8.01. The van der Waals surface area contributed by atoms with Crippen LogP contribution in [0, 0.1) is 0 Å². The zero-order chi connectivity index (χ0) is 18.6. The van der Waals surface area contributed by atoms with Crippen molar-refractivity contribution < 1.29 is 9.53 Å². The summed E-state index contributed by atoms with van der Waals surface area (Å²) in [6.07, 6.45) is 0. The number of hydrogen-bond acceptors (Lipinski definition) is 6. The Bertz CT molecular complexity index is 924. The second-order valence-corrected chi connectivity index (χ2v) is 8.68. The smallest absolute Gasteiger partial charge is 0.234 e. The van der Waals surface area contributed by atoms with Gasteiger partial charge in [-0.05, 0) is 24.3 Å². The van der Waals surface area contributed by atoms with Crippen LogP contribution in [0.25, 0.3) is 10.2 Å². The number of nitrogens with zero attached hydrogens (tertiary/aromatic N) is 2. The predicted molar refractivity (Wildman–Crippen MR) is 113 cm³/mol. The first-order chi connectivity index (χ1) is 13.2. The summed E-state index contributed by atoms with van der Waals surface area (Å²) in [5.74, 6) is 0.227. The Morgan fingerprint density at radius 2 is 2.04 bits per heavy atom. The first kappa shape index (κ1) is 18.6. The van der Waals surface area contributed by atoms with E-state index in [0.717, 1.165) is 39.0 Å².